The Labute approximate surface area is 253 Å². The smallest absolute Gasteiger partial charge is 0.311 e. The number of aliphatic hydroxyl groups is 5. The Hall–Kier alpha value is -3.17. The van der Waals surface area contributed by atoms with Crippen LogP contribution in [0.3, 0.4) is 0 Å². The van der Waals surface area contributed by atoms with E-state index >= 15 is 0 Å². The highest BCUT2D eigenvalue weighted by atomic mass is 32.2. The second-order valence-electron chi connectivity index (χ2n) is 11.2. The number of nitrogens with zero attached hydrogens (tertiary/aromatic N) is 1. The normalized spacial score (nSPS) is 27.9. The number of aliphatic hydroxyl groups excluding tert-OH is 5. The minimum absolute atomic E-state index is 0.00530. The SMILES string of the molecule is O=S(=O)(CC1OC(CO)C(O)C(O)C1O)Oc1ccc([C@@H]2[C@@H](CC[C@H](O)c3ccc(F)cc3)CN2c2ccc(F)cc2)cc1. The van der Waals surface area contributed by atoms with Crippen LogP contribution < -0.4 is 9.08 Å². The van der Waals surface area contributed by atoms with Crippen molar-refractivity contribution in [3.8, 4) is 5.75 Å². The summed E-state index contributed by atoms with van der Waals surface area (Å²) in [6.07, 6.45) is -7.45. The van der Waals surface area contributed by atoms with Gasteiger partial charge in [-0.15, -0.1) is 0 Å². The summed E-state index contributed by atoms with van der Waals surface area (Å²) in [4.78, 5) is 2.08. The van der Waals surface area contributed by atoms with Crippen molar-refractivity contribution >= 4 is 15.8 Å². The third-order valence-electron chi connectivity index (χ3n) is 8.24. The first-order chi connectivity index (χ1) is 21.0. The highest BCUT2D eigenvalue weighted by Gasteiger charge is 2.45. The fraction of sp³-hybridized carbons (Fsp3) is 0.419. The van der Waals surface area contributed by atoms with Crippen molar-refractivity contribution in [3.05, 3.63) is 95.6 Å². The minimum Gasteiger partial charge on any atom is -0.394 e. The van der Waals surface area contributed by atoms with Gasteiger partial charge in [0.2, 0.25) is 0 Å². The van der Waals surface area contributed by atoms with Gasteiger partial charge in [-0.1, -0.05) is 24.3 Å². The lowest BCUT2D eigenvalue weighted by Crippen LogP contribution is -2.60. The van der Waals surface area contributed by atoms with Gasteiger partial charge in [-0.25, -0.2) is 8.78 Å². The molecule has 44 heavy (non-hydrogen) atoms. The fourth-order valence-electron chi connectivity index (χ4n) is 5.82. The number of rotatable bonds is 11. The molecule has 8 atom stereocenters. The Kier molecular flexibility index (Phi) is 9.85. The van der Waals surface area contributed by atoms with E-state index in [1.807, 2.05) is 0 Å². The van der Waals surface area contributed by atoms with Gasteiger partial charge in [-0.3, -0.25) is 0 Å². The largest absolute Gasteiger partial charge is 0.394 e. The second kappa shape index (κ2) is 13.4. The summed E-state index contributed by atoms with van der Waals surface area (Å²) >= 11 is 0. The lowest BCUT2D eigenvalue weighted by molar-refractivity contribution is -0.223. The van der Waals surface area contributed by atoms with Gasteiger partial charge in [0, 0.05) is 18.2 Å². The van der Waals surface area contributed by atoms with Crippen LogP contribution in [0.25, 0.3) is 0 Å². The van der Waals surface area contributed by atoms with Gasteiger partial charge in [-0.05, 0) is 72.5 Å². The molecule has 2 saturated heterocycles. The van der Waals surface area contributed by atoms with Crippen LogP contribution in [0.5, 0.6) is 5.75 Å². The van der Waals surface area contributed by atoms with E-state index in [1.165, 1.54) is 36.4 Å². The van der Waals surface area contributed by atoms with E-state index in [2.05, 4.69) is 4.90 Å². The van der Waals surface area contributed by atoms with Crippen molar-refractivity contribution in [1.29, 1.82) is 0 Å². The Bertz CT molecular complexity index is 1490. The molecule has 0 amide bonds. The number of hydrogen-bond donors (Lipinski definition) is 5. The molecule has 0 bridgehead atoms. The average Bonchev–Trinajstić information content (AvgIpc) is 2.98. The van der Waals surface area contributed by atoms with Crippen LogP contribution in [0, 0.1) is 17.6 Å². The van der Waals surface area contributed by atoms with E-state index < -0.39 is 59.1 Å². The number of hydrogen-bond acceptors (Lipinski definition) is 10. The molecule has 5 unspecified atom stereocenters. The molecular formula is C31H35F2NO9S. The van der Waals surface area contributed by atoms with Gasteiger partial charge in [0.15, 0.2) is 0 Å². The molecule has 10 nitrogen and oxygen atoms in total. The molecule has 5 N–H and O–H groups in total. The van der Waals surface area contributed by atoms with Gasteiger partial charge < -0.3 is 39.4 Å². The molecule has 3 aromatic carbocycles. The molecule has 238 valence electrons. The highest BCUT2D eigenvalue weighted by molar-refractivity contribution is 7.87. The summed E-state index contributed by atoms with van der Waals surface area (Å²) in [6.45, 7) is -0.0513. The lowest BCUT2D eigenvalue weighted by Gasteiger charge is -2.50. The van der Waals surface area contributed by atoms with Gasteiger partial charge in [-0.2, -0.15) is 8.42 Å². The van der Waals surface area contributed by atoms with Crippen molar-refractivity contribution in [2.24, 2.45) is 5.92 Å². The van der Waals surface area contributed by atoms with Crippen molar-refractivity contribution in [3.63, 3.8) is 0 Å². The predicted octanol–water partition coefficient (Wildman–Crippen LogP) is 2.21. The highest BCUT2D eigenvalue weighted by Crippen LogP contribution is 2.45. The molecule has 0 aromatic heterocycles. The third kappa shape index (κ3) is 7.20. The van der Waals surface area contributed by atoms with Crippen molar-refractivity contribution in [2.45, 2.75) is 55.5 Å². The van der Waals surface area contributed by atoms with Gasteiger partial charge in [0.25, 0.3) is 0 Å². The van der Waals surface area contributed by atoms with E-state index in [-0.39, 0.29) is 29.3 Å². The predicted molar refractivity (Wildman–Crippen MR) is 155 cm³/mol. The van der Waals surface area contributed by atoms with Crippen LogP contribution in [-0.4, -0.2) is 83.4 Å². The zero-order valence-electron chi connectivity index (χ0n) is 23.6. The first kappa shape index (κ1) is 32.2. The topological polar surface area (TPSA) is 157 Å². The first-order valence-corrected chi connectivity index (χ1v) is 15.8. The van der Waals surface area contributed by atoms with E-state index in [0.717, 1.165) is 11.3 Å². The summed E-state index contributed by atoms with van der Waals surface area (Å²) in [6, 6.07) is 18.0. The molecule has 5 rings (SSSR count). The lowest BCUT2D eigenvalue weighted by atomic mass is 9.79. The first-order valence-electron chi connectivity index (χ1n) is 14.2. The molecule has 0 spiro atoms. The van der Waals surface area contributed by atoms with Crippen LogP contribution in [0.1, 0.15) is 36.1 Å². The number of anilines is 1. The van der Waals surface area contributed by atoms with Gasteiger partial charge in [0.1, 0.15) is 53.7 Å². The van der Waals surface area contributed by atoms with Crippen LogP contribution in [-0.2, 0) is 14.9 Å². The summed E-state index contributed by atoms with van der Waals surface area (Å²) < 4.78 is 63.0. The second-order valence-corrected chi connectivity index (χ2v) is 12.8. The van der Waals surface area contributed by atoms with Crippen molar-refractivity contribution in [2.75, 3.05) is 23.8 Å². The minimum atomic E-state index is -4.34. The van der Waals surface area contributed by atoms with Crippen LogP contribution in [0.2, 0.25) is 0 Å². The maximum absolute atomic E-state index is 13.6. The maximum atomic E-state index is 13.6. The van der Waals surface area contributed by atoms with Crippen molar-refractivity contribution < 1.29 is 51.7 Å². The Morgan fingerprint density at radius 1 is 0.864 bits per heavy atom. The van der Waals surface area contributed by atoms with E-state index in [1.54, 1.807) is 36.4 Å². The maximum Gasteiger partial charge on any atom is 0.311 e. The average molecular weight is 636 g/mol. The zero-order chi connectivity index (χ0) is 31.6. The summed E-state index contributed by atoms with van der Waals surface area (Å²) in [7, 11) is -4.34. The molecule has 0 saturated carbocycles. The van der Waals surface area contributed by atoms with Crippen molar-refractivity contribution in [1.82, 2.24) is 0 Å². The molecule has 0 radical (unpaired) electrons. The van der Waals surface area contributed by atoms with Crippen LogP contribution in [0.4, 0.5) is 14.5 Å². The quantitative estimate of drug-likeness (QED) is 0.198. The standard InChI is InChI=1S/C31H35F2NO9S/c32-21-6-1-18(2-7-21)25(36)14-5-20-15-34(23-10-8-22(33)9-11-23)28(20)19-3-12-24(13-4-19)43-44(40,41)17-27-30(38)31(39)29(37)26(16-35)42-27/h1-4,6-13,20,25-31,35-39H,5,14-17H2/t20-,25-,26?,27?,28+,29?,30?,31?/m0/s1. The van der Waals surface area contributed by atoms with Crippen LogP contribution >= 0.6 is 0 Å². The Balaban J connectivity index is 1.27. The monoisotopic (exact) mass is 635 g/mol. The van der Waals surface area contributed by atoms with E-state index in [0.29, 0.717) is 24.9 Å². The zero-order valence-corrected chi connectivity index (χ0v) is 24.4. The number of halogens is 2. The Morgan fingerprint density at radius 3 is 2.07 bits per heavy atom. The summed E-state index contributed by atoms with van der Waals surface area (Å²) in [5.74, 6) is -1.50. The van der Waals surface area contributed by atoms with Gasteiger partial charge in [0.05, 0.1) is 18.8 Å². The molecule has 2 aliphatic rings. The molecular weight excluding hydrogens is 600 g/mol. The molecule has 2 heterocycles. The van der Waals surface area contributed by atoms with Gasteiger partial charge >= 0.3 is 10.1 Å². The number of benzene rings is 3. The summed E-state index contributed by atoms with van der Waals surface area (Å²) in [5, 5.41) is 50.1. The molecule has 13 heteroatoms. The summed E-state index contributed by atoms with van der Waals surface area (Å²) in [5.41, 5.74) is 2.25. The van der Waals surface area contributed by atoms with E-state index in [9.17, 15) is 42.7 Å². The molecule has 2 aliphatic heterocycles. The third-order valence-corrected chi connectivity index (χ3v) is 9.43. The Morgan fingerprint density at radius 2 is 1.45 bits per heavy atom. The number of ether oxygens (including phenoxy) is 1. The molecule has 0 aliphatic carbocycles. The molecule has 2 fully saturated rings. The van der Waals surface area contributed by atoms with Crippen LogP contribution in [0.15, 0.2) is 72.8 Å². The molecule has 3 aromatic rings. The fourth-order valence-corrected chi connectivity index (χ4v) is 6.98. The van der Waals surface area contributed by atoms with E-state index in [4.69, 9.17) is 8.92 Å².